The lowest BCUT2D eigenvalue weighted by Crippen LogP contribution is -2.47. The van der Waals surface area contributed by atoms with Crippen molar-refractivity contribution < 1.29 is 19.2 Å². The van der Waals surface area contributed by atoms with E-state index in [-0.39, 0.29) is 23.7 Å². The maximum atomic E-state index is 13.6. The van der Waals surface area contributed by atoms with E-state index in [1.807, 2.05) is 23.1 Å². The summed E-state index contributed by atoms with van der Waals surface area (Å²) in [7, 11) is 1.55. The highest BCUT2D eigenvalue weighted by Gasteiger charge is 2.42. The molecule has 0 N–H and O–H groups in total. The SMILES string of the molecule is CCN1CCN(C2=C(c3ccc([N+](=O)[O-])cc3)C(=O)N(Cc3ccccc3OC)C2=O)CC1. The number of nitro groups is 1. The van der Waals surface area contributed by atoms with Crippen molar-refractivity contribution in [3.05, 3.63) is 75.5 Å². The number of hydrogen-bond acceptors (Lipinski definition) is 7. The Morgan fingerprint density at radius 2 is 1.64 bits per heavy atom. The number of piperazine rings is 1. The second kappa shape index (κ2) is 9.41. The van der Waals surface area contributed by atoms with Gasteiger partial charge in [0.1, 0.15) is 11.4 Å². The molecule has 0 spiro atoms. The van der Waals surface area contributed by atoms with Crippen LogP contribution in [0, 0.1) is 10.1 Å². The molecule has 0 unspecified atom stereocenters. The molecule has 9 heteroatoms. The number of methoxy groups -OCH3 is 1. The number of carbonyl (C=O) groups excluding carboxylic acids is 2. The molecule has 1 saturated heterocycles. The summed E-state index contributed by atoms with van der Waals surface area (Å²) in [6, 6.07) is 13.1. The van der Waals surface area contributed by atoms with Gasteiger partial charge >= 0.3 is 0 Å². The van der Waals surface area contributed by atoms with Crippen molar-refractivity contribution >= 4 is 23.1 Å². The van der Waals surface area contributed by atoms with Gasteiger partial charge < -0.3 is 14.5 Å². The number of rotatable bonds is 7. The van der Waals surface area contributed by atoms with Gasteiger partial charge in [-0.25, -0.2) is 0 Å². The number of hydrogen-bond donors (Lipinski definition) is 0. The molecule has 0 aromatic heterocycles. The summed E-state index contributed by atoms with van der Waals surface area (Å²) in [5.41, 5.74) is 1.80. The van der Waals surface area contributed by atoms with Crippen molar-refractivity contribution in [2.75, 3.05) is 39.8 Å². The Morgan fingerprint density at radius 1 is 0.970 bits per heavy atom. The van der Waals surface area contributed by atoms with Crippen LogP contribution in [0.3, 0.4) is 0 Å². The summed E-state index contributed by atoms with van der Waals surface area (Å²) in [6.07, 6.45) is 0. The van der Waals surface area contributed by atoms with E-state index >= 15 is 0 Å². The number of nitro benzene ring substituents is 1. The van der Waals surface area contributed by atoms with E-state index in [2.05, 4.69) is 11.8 Å². The monoisotopic (exact) mass is 450 g/mol. The first-order valence-electron chi connectivity index (χ1n) is 10.9. The quantitative estimate of drug-likeness (QED) is 0.363. The van der Waals surface area contributed by atoms with E-state index < -0.39 is 10.8 Å². The average Bonchev–Trinajstić information content (AvgIpc) is 3.09. The van der Waals surface area contributed by atoms with Crippen LogP contribution in [0.5, 0.6) is 5.75 Å². The zero-order chi connectivity index (χ0) is 23.5. The number of likely N-dealkylation sites (N-methyl/N-ethyl adjacent to an activating group) is 1. The summed E-state index contributed by atoms with van der Waals surface area (Å²) in [6.45, 7) is 5.94. The van der Waals surface area contributed by atoms with Crippen LogP contribution >= 0.6 is 0 Å². The van der Waals surface area contributed by atoms with Gasteiger partial charge in [-0.15, -0.1) is 0 Å². The number of ether oxygens (including phenoxy) is 1. The van der Waals surface area contributed by atoms with Gasteiger partial charge in [-0.2, -0.15) is 0 Å². The van der Waals surface area contributed by atoms with Crippen molar-refractivity contribution in [1.82, 2.24) is 14.7 Å². The number of benzene rings is 2. The fourth-order valence-corrected chi connectivity index (χ4v) is 4.30. The van der Waals surface area contributed by atoms with Gasteiger partial charge in [-0.3, -0.25) is 24.6 Å². The van der Waals surface area contributed by atoms with Crippen molar-refractivity contribution in [3.63, 3.8) is 0 Å². The number of non-ortho nitro benzene ring substituents is 1. The maximum Gasteiger partial charge on any atom is 0.278 e. The van der Waals surface area contributed by atoms with Gasteiger partial charge in [0.05, 0.1) is 24.2 Å². The molecule has 0 atom stereocenters. The second-order valence-electron chi connectivity index (χ2n) is 7.96. The lowest BCUT2D eigenvalue weighted by atomic mass is 10.0. The van der Waals surface area contributed by atoms with E-state index in [4.69, 9.17) is 4.74 Å². The number of carbonyl (C=O) groups is 2. The van der Waals surface area contributed by atoms with Crippen molar-refractivity contribution in [2.24, 2.45) is 0 Å². The lowest BCUT2D eigenvalue weighted by molar-refractivity contribution is -0.384. The molecule has 0 radical (unpaired) electrons. The fraction of sp³-hybridized carbons (Fsp3) is 0.333. The Kier molecular flexibility index (Phi) is 6.41. The topological polar surface area (TPSA) is 96.2 Å². The molecule has 33 heavy (non-hydrogen) atoms. The Hall–Kier alpha value is -3.72. The van der Waals surface area contributed by atoms with Gasteiger partial charge in [-0.05, 0) is 30.3 Å². The van der Waals surface area contributed by atoms with Crippen LogP contribution in [0.4, 0.5) is 5.69 Å². The minimum absolute atomic E-state index is 0.0693. The zero-order valence-electron chi connectivity index (χ0n) is 18.7. The van der Waals surface area contributed by atoms with Crippen LogP contribution in [0.15, 0.2) is 54.2 Å². The van der Waals surface area contributed by atoms with Gasteiger partial charge in [0.15, 0.2) is 0 Å². The standard InChI is InChI=1S/C24H26N4O5/c1-3-25-12-14-26(15-13-25)22-21(17-8-10-19(11-9-17)28(31)32)23(29)27(24(22)30)16-18-6-4-5-7-20(18)33-2/h4-11H,3,12-16H2,1-2H3. The number of nitrogens with zero attached hydrogens (tertiary/aromatic N) is 4. The van der Waals surface area contributed by atoms with Crippen molar-refractivity contribution in [2.45, 2.75) is 13.5 Å². The Labute approximate surface area is 192 Å². The van der Waals surface area contributed by atoms with Gasteiger partial charge in [0.25, 0.3) is 17.5 Å². The number of imide groups is 1. The maximum absolute atomic E-state index is 13.6. The first-order chi connectivity index (χ1) is 15.9. The molecule has 4 rings (SSSR count). The molecule has 2 amide bonds. The van der Waals surface area contributed by atoms with Crippen LogP contribution in [-0.2, 0) is 16.1 Å². The third-order valence-electron chi connectivity index (χ3n) is 6.17. The highest BCUT2D eigenvalue weighted by molar-refractivity contribution is 6.35. The Bertz CT molecular complexity index is 1100. The van der Waals surface area contributed by atoms with Crippen LogP contribution in [0.1, 0.15) is 18.1 Å². The molecular weight excluding hydrogens is 424 g/mol. The highest BCUT2D eigenvalue weighted by atomic mass is 16.6. The highest BCUT2D eigenvalue weighted by Crippen LogP contribution is 2.34. The van der Waals surface area contributed by atoms with E-state index in [0.717, 1.165) is 25.2 Å². The Morgan fingerprint density at radius 3 is 2.24 bits per heavy atom. The first-order valence-corrected chi connectivity index (χ1v) is 10.9. The van der Waals surface area contributed by atoms with E-state index in [1.54, 1.807) is 13.2 Å². The molecule has 2 heterocycles. The minimum atomic E-state index is -0.487. The van der Waals surface area contributed by atoms with E-state index in [9.17, 15) is 19.7 Å². The van der Waals surface area contributed by atoms with E-state index in [0.29, 0.717) is 30.1 Å². The lowest BCUT2D eigenvalue weighted by Gasteiger charge is -2.36. The molecular formula is C24H26N4O5. The molecule has 0 aliphatic carbocycles. The van der Waals surface area contributed by atoms with Gasteiger partial charge in [0.2, 0.25) is 0 Å². The predicted molar refractivity (Wildman–Crippen MR) is 122 cm³/mol. The molecule has 2 aromatic rings. The number of para-hydroxylation sites is 1. The summed E-state index contributed by atoms with van der Waals surface area (Å²) in [5, 5.41) is 11.1. The van der Waals surface area contributed by atoms with Crippen LogP contribution in [0.25, 0.3) is 5.57 Å². The molecule has 0 saturated carbocycles. The third-order valence-corrected chi connectivity index (χ3v) is 6.17. The van der Waals surface area contributed by atoms with E-state index in [1.165, 1.54) is 29.2 Å². The Balaban J connectivity index is 1.72. The molecule has 0 bridgehead atoms. The summed E-state index contributed by atoms with van der Waals surface area (Å²) in [5.74, 6) is -0.170. The third kappa shape index (κ3) is 4.31. The molecule has 2 aliphatic heterocycles. The molecule has 2 aromatic carbocycles. The summed E-state index contributed by atoms with van der Waals surface area (Å²) in [4.78, 5) is 43.2. The van der Waals surface area contributed by atoms with Crippen molar-refractivity contribution in [1.29, 1.82) is 0 Å². The second-order valence-corrected chi connectivity index (χ2v) is 7.96. The zero-order valence-corrected chi connectivity index (χ0v) is 18.7. The molecule has 9 nitrogen and oxygen atoms in total. The molecule has 172 valence electrons. The van der Waals surface area contributed by atoms with Gasteiger partial charge in [0, 0.05) is 43.9 Å². The van der Waals surface area contributed by atoms with Crippen molar-refractivity contribution in [3.8, 4) is 5.75 Å². The predicted octanol–water partition coefficient (Wildman–Crippen LogP) is 2.52. The molecule has 1 fully saturated rings. The smallest absolute Gasteiger partial charge is 0.278 e. The number of amides is 2. The average molecular weight is 450 g/mol. The summed E-state index contributed by atoms with van der Waals surface area (Å²) >= 11 is 0. The van der Waals surface area contributed by atoms with Crippen LogP contribution in [-0.4, -0.2) is 71.3 Å². The minimum Gasteiger partial charge on any atom is -0.496 e. The van der Waals surface area contributed by atoms with Crippen LogP contribution in [0.2, 0.25) is 0 Å². The molecule has 2 aliphatic rings. The summed E-state index contributed by atoms with van der Waals surface area (Å²) < 4.78 is 5.40. The fourth-order valence-electron chi connectivity index (χ4n) is 4.30. The largest absolute Gasteiger partial charge is 0.496 e. The van der Waals surface area contributed by atoms with Gasteiger partial charge in [-0.1, -0.05) is 25.1 Å². The van der Waals surface area contributed by atoms with Crippen LogP contribution < -0.4 is 4.74 Å². The normalized spacial score (nSPS) is 17.2. The first kappa shape index (κ1) is 22.5.